The predicted octanol–water partition coefficient (Wildman–Crippen LogP) is 4.38. The fourth-order valence-corrected chi connectivity index (χ4v) is 7.80. The van der Waals surface area contributed by atoms with Crippen LogP contribution in [0.15, 0.2) is 42.5 Å². The van der Waals surface area contributed by atoms with Gasteiger partial charge in [-0.05, 0) is 73.3 Å². The van der Waals surface area contributed by atoms with Gasteiger partial charge in [-0.3, -0.25) is 4.79 Å². The van der Waals surface area contributed by atoms with Crippen molar-refractivity contribution in [1.82, 2.24) is 0 Å². The van der Waals surface area contributed by atoms with Gasteiger partial charge in [0.05, 0.1) is 11.2 Å². The van der Waals surface area contributed by atoms with Crippen LogP contribution in [0, 0.1) is 28.6 Å². The van der Waals surface area contributed by atoms with E-state index in [4.69, 9.17) is 0 Å². The number of carbonyl (C=O) groups is 1. The average Bonchev–Trinajstić information content (AvgIpc) is 2.91. The van der Waals surface area contributed by atoms with Gasteiger partial charge < -0.3 is 10.2 Å². The summed E-state index contributed by atoms with van der Waals surface area (Å²) in [5, 5.41) is 24.1. The minimum atomic E-state index is -0.982. The van der Waals surface area contributed by atoms with Crippen molar-refractivity contribution in [3.63, 3.8) is 0 Å². The molecule has 1 aromatic rings. The summed E-state index contributed by atoms with van der Waals surface area (Å²) in [6, 6.07) is 9.96. The number of ketones is 1. The Morgan fingerprint density at radius 3 is 2.43 bits per heavy atom. The zero-order chi connectivity index (χ0) is 19.8. The van der Waals surface area contributed by atoms with E-state index in [0.717, 1.165) is 31.2 Å². The molecule has 2 N–H and O–H groups in total. The molecule has 0 bridgehead atoms. The fourth-order valence-electron chi connectivity index (χ4n) is 7.80. The number of carbonyl (C=O) groups excluding carboxylic acids is 1. The molecule has 3 nitrogen and oxygen atoms in total. The highest BCUT2D eigenvalue weighted by molar-refractivity contribution is 5.91. The summed E-state index contributed by atoms with van der Waals surface area (Å²) in [7, 11) is 0. The molecule has 28 heavy (non-hydrogen) atoms. The summed E-state index contributed by atoms with van der Waals surface area (Å²) in [5.74, 6) is 1.21. The zero-order valence-electron chi connectivity index (χ0n) is 17.0. The van der Waals surface area contributed by atoms with Crippen molar-refractivity contribution in [1.29, 1.82) is 0 Å². The first-order valence-electron chi connectivity index (χ1n) is 11.0. The molecule has 1 aromatic carbocycles. The van der Waals surface area contributed by atoms with Crippen LogP contribution in [-0.2, 0) is 10.4 Å². The Labute approximate surface area is 167 Å². The Morgan fingerprint density at radius 1 is 0.929 bits per heavy atom. The number of allylic oxidation sites excluding steroid dienone is 2. The Kier molecular flexibility index (Phi) is 3.84. The molecule has 7 atom stereocenters. The quantitative estimate of drug-likeness (QED) is 0.760. The Hall–Kier alpha value is -1.45. The molecule has 0 amide bonds. The second-order valence-electron chi connectivity index (χ2n) is 10.4. The summed E-state index contributed by atoms with van der Waals surface area (Å²) in [5.41, 5.74) is -1.45. The van der Waals surface area contributed by atoms with Crippen molar-refractivity contribution in [2.75, 3.05) is 0 Å². The van der Waals surface area contributed by atoms with Crippen LogP contribution in [0.25, 0.3) is 0 Å². The normalized spacial score (nSPS) is 50.0. The van der Waals surface area contributed by atoms with Crippen LogP contribution in [0.2, 0.25) is 0 Å². The predicted molar refractivity (Wildman–Crippen MR) is 108 cm³/mol. The number of rotatable bonds is 1. The molecule has 3 fully saturated rings. The molecule has 4 aliphatic carbocycles. The van der Waals surface area contributed by atoms with Gasteiger partial charge in [-0.2, -0.15) is 0 Å². The molecule has 0 spiro atoms. The van der Waals surface area contributed by atoms with Gasteiger partial charge in [-0.15, -0.1) is 0 Å². The third-order valence-electron chi connectivity index (χ3n) is 9.62. The van der Waals surface area contributed by atoms with Gasteiger partial charge in [-0.1, -0.05) is 50.3 Å². The highest BCUT2D eigenvalue weighted by Crippen LogP contribution is 2.70. The van der Waals surface area contributed by atoms with Crippen molar-refractivity contribution < 1.29 is 15.0 Å². The molecule has 4 aliphatic rings. The number of hydrogen-bond donors (Lipinski definition) is 2. The highest BCUT2D eigenvalue weighted by Gasteiger charge is 2.71. The minimum absolute atomic E-state index is 0.0126. The van der Waals surface area contributed by atoms with Crippen molar-refractivity contribution in [3.05, 3.63) is 48.0 Å². The summed E-state index contributed by atoms with van der Waals surface area (Å²) < 4.78 is 0. The average molecular weight is 381 g/mol. The summed E-state index contributed by atoms with van der Waals surface area (Å²) in [6.45, 7) is 4.43. The van der Waals surface area contributed by atoms with E-state index in [1.54, 1.807) is 6.08 Å². The lowest BCUT2D eigenvalue weighted by molar-refractivity contribution is -0.228. The molecular weight excluding hydrogens is 348 g/mol. The van der Waals surface area contributed by atoms with Crippen LogP contribution in [0.3, 0.4) is 0 Å². The monoisotopic (exact) mass is 380 g/mol. The number of benzene rings is 1. The zero-order valence-corrected chi connectivity index (χ0v) is 17.0. The lowest BCUT2D eigenvalue weighted by Crippen LogP contribution is -2.64. The minimum Gasteiger partial charge on any atom is -0.389 e. The van der Waals surface area contributed by atoms with E-state index < -0.39 is 16.6 Å². The number of aliphatic hydroxyl groups is 2. The van der Waals surface area contributed by atoms with Crippen LogP contribution in [0.4, 0.5) is 0 Å². The van der Waals surface area contributed by atoms with E-state index in [1.807, 2.05) is 30.3 Å². The smallest absolute Gasteiger partial charge is 0.155 e. The van der Waals surface area contributed by atoms with E-state index >= 15 is 0 Å². The summed E-state index contributed by atoms with van der Waals surface area (Å²) >= 11 is 0. The maximum atomic E-state index is 12.2. The molecule has 5 rings (SSSR count). The van der Waals surface area contributed by atoms with Gasteiger partial charge in [0.15, 0.2) is 5.78 Å². The van der Waals surface area contributed by atoms with Crippen molar-refractivity contribution in [2.24, 2.45) is 28.6 Å². The lowest BCUT2D eigenvalue weighted by atomic mass is 9.44. The SMILES string of the molecule is C[C@]12C=CC(=O)C[C@@H]1CC[C@@H]1[C@@H]2CC[C@]2(C)[C@@](O)(c3ccccc3)CC[C@]12O. The Bertz CT molecular complexity index is 831. The molecule has 150 valence electrons. The Morgan fingerprint density at radius 2 is 1.68 bits per heavy atom. The largest absolute Gasteiger partial charge is 0.389 e. The van der Waals surface area contributed by atoms with Crippen LogP contribution in [0.1, 0.15) is 64.4 Å². The molecule has 0 aliphatic heterocycles. The molecular formula is C25H32O3. The summed E-state index contributed by atoms with van der Waals surface area (Å²) in [4.78, 5) is 12.0. The summed E-state index contributed by atoms with van der Waals surface area (Å²) in [6.07, 6.45) is 9.64. The molecule has 3 saturated carbocycles. The van der Waals surface area contributed by atoms with E-state index in [-0.39, 0.29) is 17.1 Å². The maximum absolute atomic E-state index is 12.2. The topological polar surface area (TPSA) is 57.5 Å². The first-order chi connectivity index (χ1) is 13.2. The van der Waals surface area contributed by atoms with Crippen LogP contribution < -0.4 is 0 Å². The fraction of sp³-hybridized carbons (Fsp3) is 0.640. The highest BCUT2D eigenvalue weighted by atomic mass is 16.3. The standard InChI is InChI=1S/C25H32O3/c1-22-12-10-19(26)16-18(22)8-9-21-20(22)11-13-23(2)24(27,14-15-25(21,23)28)17-6-4-3-5-7-17/h3-7,10,12,18,20-21,27-28H,8-9,11,13-16H2,1-2H3/t18-,20-,21+,22-,23+,24-,25-/m0/s1. The van der Waals surface area contributed by atoms with Gasteiger partial charge in [0, 0.05) is 11.8 Å². The van der Waals surface area contributed by atoms with Gasteiger partial charge in [0.1, 0.15) is 0 Å². The molecule has 3 heteroatoms. The van der Waals surface area contributed by atoms with E-state index in [1.165, 1.54) is 0 Å². The first-order valence-corrected chi connectivity index (χ1v) is 11.0. The van der Waals surface area contributed by atoms with Gasteiger partial charge >= 0.3 is 0 Å². The van der Waals surface area contributed by atoms with Crippen molar-refractivity contribution >= 4 is 5.78 Å². The van der Waals surface area contributed by atoms with E-state index in [2.05, 4.69) is 19.9 Å². The van der Waals surface area contributed by atoms with Crippen LogP contribution >= 0.6 is 0 Å². The second-order valence-corrected chi connectivity index (χ2v) is 10.4. The molecule has 0 unspecified atom stereocenters. The van der Waals surface area contributed by atoms with Gasteiger partial charge in [0.25, 0.3) is 0 Å². The van der Waals surface area contributed by atoms with E-state index in [9.17, 15) is 15.0 Å². The van der Waals surface area contributed by atoms with Gasteiger partial charge in [0.2, 0.25) is 0 Å². The molecule has 0 radical (unpaired) electrons. The number of hydrogen-bond acceptors (Lipinski definition) is 3. The van der Waals surface area contributed by atoms with E-state index in [0.29, 0.717) is 31.1 Å². The van der Waals surface area contributed by atoms with Crippen LogP contribution in [-0.4, -0.2) is 21.6 Å². The lowest BCUT2D eigenvalue weighted by Gasteiger charge is -2.63. The van der Waals surface area contributed by atoms with Crippen molar-refractivity contribution in [2.45, 2.75) is 70.0 Å². The third-order valence-corrected chi connectivity index (χ3v) is 9.62. The van der Waals surface area contributed by atoms with Crippen LogP contribution in [0.5, 0.6) is 0 Å². The molecule has 0 aromatic heterocycles. The third kappa shape index (κ3) is 2.10. The molecule has 0 saturated heterocycles. The van der Waals surface area contributed by atoms with Crippen molar-refractivity contribution in [3.8, 4) is 0 Å². The van der Waals surface area contributed by atoms with Gasteiger partial charge in [-0.25, -0.2) is 0 Å². The second kappa shape index (κ2) is 5.79. The number of fused-ring (bicyclic) bond motifs is 5. The molecule has 0 heterocycles. The Balaban J connectivity index is 1.56. The maximum Gasteiger partial charge on any atom is 0.155 e. The first kappa shape index (κ1) is 18.6.